The highest BCUT2D eigenvalue weighted by molar-refractivity contribution is 6.00. The van der Waals surface area contributed by atoms with E-state index in [1.54, 1.807) is 31.2 Å². The summed E-state index contributed by atoms with van der Waals surface area (Å²) in [7, 11) is 0. The summed E-state index contributed by atoms with van der Waals surface area (Å²) in [6, 6.07) is 14.2. The van der Waals surface area contributed by atoms with Gasteiger partial charge in [0.15, 0.2) is 6.61 Å². The van der Waals surface area contributed by atoms with Crippen LogP contribution >= 0.6 is 0 Å². The number of rotatable bonds is 5. The van der Waals surface area contributed by atoms with Gasteiger partial charge < -0.3 is 15.4 Å². The second kappa shape index (κ2) is 8.52. The second-order valence-corrected chi connectivity index (χ2v) is 6.60. The molecule has 7 nitrogen and oxygen atoms in total. The van der Waals surface area contributed by atoms with Crippen molar-refractivity contribution in [3.63, 3.8) is 0 Å². The molecule has 0 bridgehead atoms. The smallest absolute Gasteiger partial charge is 0.340 e. The lowest BCUT2D eigenvalue weighted by Crippen LogP contribution is -2.22. The monoisotopic (exact) mass is 391 g/mol. The van der Waals surface area contributed by atoms with E-state index in [2.05, 4.69) is 15.6 Å². The molecule has 3 rings (SSSR count). The molecule has 0 saturated heterocycles. The molecule has 2 N–H and O–H groups in total. The summed E-state index contributed by atoms with van der Waals surface area (Å²) in [5.41, 5.74) is 3.65. The SMILES string of the molecule is CC(=O)Nc1ccc(NC(=O)COC(=O)c2c(C)nc3ccccc3c2C)cc1. The van der Waals surface area contributed by atoms with Gasteiger partial charge in [-0.05, 0) is 49.7 Å². The molecular weight excluding hydrogens is 370 g/mol. The number of pyridine rings is 1. The van der Waals surface area contributed by atoms with Gasteiger partial charge in [-0.15, -0.1) is 0 Å². The van der Waals surface area contributed by atoms with Gasteiger partial charge in [0.05, 0.1) is 16.8 Å². The molecule has 0 spiro atoms. The van der Waals surface area contributed by atoms with E-state index in [1.807, 2.05) is 31.2 Å². The Balaban J connectivity index is 1.64. The summed E-state index contributed by atoms with van der Waals surface area (Å²) < 4.78 is 5.20. The molecule has 29 heavy (non-hydrogen) atoms. The van der Waals surface area contributed by atoms with Crippen molar-refractivity contribution >= 4 is 40.1 Å². The van der Waals surface area contributed by atoms with Crippen molar-refractivity contribution in [1.82, 2.24) is 4.98 Å². The highest BCUT2D eigenvalue weighted by atomic mass is 16.5. The highest BCUT2D eigenvalue weighted by Gasteiger charge is 2.18. The van der Waals surface area contributed by atoms with E-state index in [-0.39, 0.29) is 5.91 Å². The van der Waals surface area contributed by atoms with E-state index < -0.39 is 18.5 Å². The minimum absolute atomic E-state index is 0.178. The zero-order valence-electron chi connectivity index (χ0n) is 16.4. The molecule has 2 amide bonds. The van der Waals surface area contributed by atoms with E-state index in [0.717, 1.165) is 16.5 Å². The molecule has 3 aromatic rings. The second-order valence-electron chi connectivity index (χ2n) is 6.60. The molecule has 0 fully saturated rings. The third-order valence-corrected chi connectivity index (χ3v) is 4.36. The lowest BCUT2D eigenvalue weighted by atomic mass is 10.0. The molecule has 7 heteroatoms. The minimum Gasteiger partial charge on any atom is -0.452 e. The predicted molar refractivity (Wildman–Crippen MR) is 111 cm³/mol. The zero-order valence-corrected chi connectivity index (χ0v) is 16.4. The Hall–Kier alpha value is -3.74. The number of esters is 1. The van der Waals surface area contributed by atoms with Gasteiger partial charge in [0, 0.05) is 23.7 Å². The number of para-hydroxylation sites is 1. The van der Waals surface area contributed by atoms with Gasteiger partial charge in [0.2, 0.25) is 5.91 Å². The first-order chi connectivity index (χ1) is 13.8. The number of aromatic nitrogens is 1. The number of ether oxygens (including phenoxy) is 1. The normalized spacial score (nSPS) is 10.4. The maximum atomic E-state index is 12.6. The Labute approximate surface area is 168 Å². The fourth-order valence-corrected chi connectivity index (χ4v) is 3.07. The molecule has 1 aromatic heterocycles. The minimum atomic E-state index is -0.589. The molecular formula is C22H21N3O4. The van der Waals surface area contributed by atoms with Crippen molar-refractivity contribution in [2.75, 3.05) is 17.2 Å². The van der Waals surface area contributed by atoms with Crippen molar-refractivity contribution in [2.45, 2.75) is 20.8 Å². The number of hydrogen-bond acceptors (Lipinski definition) is 5. The molecule has 1 heterocycles. The third-order valence-electron chi connectivity index (χ3n) is 4.36. The number of hydrogen-bond donors (Lipinski definition) is 2. The fourth-order valence-electron chi connectivity index (χ4n) is 3.07. The summed E-state index contributed by atoms with van der Waals surface area (Å²) in [5.74, 6) is -1.23. The number of amides is 2. The molecule has 0 aliphatic heterocycles. The van der Waals surface area contributed by atoms with Gasteiger partial charge in [-0.1, -0.05) is 18.2 Å². The lowest BCUT2D eigenvalue weighted by Gasteiger charge is -2.12. The Morgan fingerprint density at radius 2 is 1.55 bits per heavy atom. The van der Waals surface area contributed by atoms with Crippen LogP contribution in [0.1, 0.15) is 28.5 Å². The van der Waals surface area contributed by atoms with Crippen LogP contribution in [0.5, 0.6) is 0 Å². The zero-order chi connectivity index (χ0) is 21.0. The number of nitrogens with zero attached hydrogens (tertiary/aromatic N) is 1. The van der Waals surface area contributed by atoms with Crippen LogP contribution in [0.25, 0.3) is 10.9 Å². The number of nitrogens with one attached hydrogen (secondary N) is 2. The summed E-state index contributed by atoms with van der Waals surface area (Å²) in [6.07, 6.45) is 0. The molecule has 148 valence electrons. The van der Waals surface area contributed by atoms with Crippen molar-refractivity contribution in [2.24, 2.45) is 0 Å². The number of carbonyl (C=O) groups excluding carboxylic acids is 3. The van der Waals surface area contributed by atoms with Crippen LogP contribution in [0.2, 0.25) is 0 Å². The van der Waals surface area contributed by atoms with E-state index in [1.165, 1.54) is 6.92 Å². The fraction of sp³-hybridized carbons (Fsp3) is 0.182. The Morgan fingerprint density at radius 1 is 0.931 bits per heavy atom. The van der Waals surface area contributed by atoms with Crippen LogP contribution in [0.4, 0.5) is 11.4 Å². The topological polar surface area (TPSA) is 97.4 Å². The van der Waals surface area contributed by atoms with E-state index in [0.29, 0.717) is 22.6 Å². The molecule has 0 radical (unpaired) electrons. The number of aryl methyl sites for hydroxylation is 2. The van der Waals surface area contributed by atoms with Gasteiger partial charge >= 0.3 is 5.97 Å². The molecule has 0 saturated carbocycles. The van der Waals surface area contributed by atoms with Crippen molar-refractivity contribution in [1.29, 1.82) is 0 Å². The van der Waals surface area contributed by atoms with Crippen molar-refractivity contribution in [3.8, 4) is 0 Å². The molecule has 2 aromatic carbocycles. The summed E-state index contributed by atoms with van der Waals surface area (Å²) >= 11 is 0. The molecule has 0 unspecified atom stereocenters. The van der Waals surface area contributed by atoms with E-state index in [9.17, 15) is 14.4 Å². The molecule has 0 aliphatic carbocycles. The Morgan fingerprint density at radius 3 is 2.21 bits per heavy atom. The van der Waals surface area contributed by atoms with Crippen molar-refractivity contribution < 1.29 is 19.1 Å². The first-order valence-corrected chi connectivity index (χ1v) is 9.05. The third kappa shape index (κ3) is 4.76. The van der Waals surface area contributed by atoms with Crippen LogP contribution in [0, 0.1) is 13.8 Å². The van der Waals surface area contributed by atoms with Crippen LogP contribution < -0.4 is 10.6 Å². The van der Waals surface area contributed by atoms with Crippen molar-refractivity contribution in [3.05, 3.63) is 65.4 Å². The average molecular weight is 391 g/mol. The quantitative estimate of drug-likeness (QED) is 0.648. The standard InChI is InChI=1S/C22H21N3O4/c1-13-18-6-4-5-7-19(18)23-14(2)21(13)22(28)29-12-20(27)25-17-10-8-16(9-11-17)24-15(3)26/h4-11H,12H2,1-3H3,(H,24,26)(H,25,27). The maximum absolute atomic E-state index is 12.6. The van der Waals surface area contributed by atoms with Gasteiger partial charge in [-0.25, -0.2) is 4.79 Å². The van der Waals surface area contributed by atoms with Gasteiger partial charge in [-0.2, -0.15) is 0 Å². The van der Waals surface area contributed by atoms with Gasteiger partial charge in [0.1, 0.15) is 0 Å². The average Bonchev–Trinajstić information content (AvgIpc) is 2.67. The van der Waals surface area contributed by atoms with Crippen LogP contribution in [0.3, 0.4) is 0 Å². The first kappa shape index (κ1) is 20.0. The predicted octanol–water partition coefficient (Wildman–Crippen LogP) is 3.61. The molecule has 0 aliphatic rings. The summed E-state index contributed by atoms with van der Waals surface area (Å²) in [4.78, 5) is 40.1. The summed E-state index contributed by atoms with van der Waals surface area (Å²) in [5, 5.41) is 6.15. The van der Waals surface area contributed by atoms with Crippen LogP contribution in [0.15, 0.2) is 48.5 Å². The number of anilines is 2. The lowest BCUT2D eigenvalue weighted by molar-refractivity contribution is -0.119. The van der Waals surface area contributed by atoms with E-state index >= 15 is 0 Å². The summed E-state index contributed by atoms with van der Waals surface area (Å²) in [6.45, 7) is 4.58. The highest BCUT2D eigenvalue weighted by Crippen LogP contribution is 2.23. The number of benzene rings is 2. The Kier molecular flexibility index (Phi) is 5.87. The Bertz CT molecular complexity index is 1090. The maximum Gasteiger partial charge on any atom is 0.340 e. The van der Waals surface area contributed by atoms with Crippen LogP contribution in [-0.2, 0) is 14.3 Å². The van der Waals surface area contributed by atoms with E-state index in [4.69, 9.17) is 4.74 Å². The molecule has 0 atom stereocenters. The largest absolute Gasteiger partial charge is 0.452 e. The number of fused-ring (bicyclic) bond motifs is 1. The van der Waals surface area contributed by atoms with Gasteiger partial charge in [0.25, 0.3) is 5.91 Å². The number of carbonyl (C=O) groups is 3. The van der Waals surface area contributed by atoms with Gasteiger partial charge in [-0.3, -0.25) is 14.6 Å². The van der Waals surface area contributed by atoms with Crippen LogP contribution in [-0.4, -0.2) is 29.4 Å². The first-order valence-electron chi connectivity index (χ1n) is 9.05.